The van der Waals surface area contributed by atoms with Crippen molar-refractivity contribution >= 4 is 22.9 Å². The number of Topliss-reactive ketones (excluding diaryl/α,β-unsaturated/α-hetero) is 2. The summed E-state index contributed by atoms with van der Waals surface area (Å²) in [5, 5.41) is 0.868. The second-order valence-electron chi connectivity index (χ2n) is 3.86. The van der Waals surface area contributed by atoms with Crippen molar-refractivity contribution in [3.05, 3.63) is 15.6 Å². The predicted octanol–water partition coefficient (Wildman–Crippen LogP) is 2.56. The topological polar surface area (TPSA) is 47.0 Å². The molecule has 0 saturated carbocycles. The van der Waals surface area contributed by atoms with E-state index in [0.717, 1.165) is 9.88 Å². The summed E-state index contributed by atoms with van der Waals surface area (Å²) in [6.07, 6.45) is -0.0261. The molecular weight excluding hydrogens is 210 g/mol. The van der Waals surface area contributed by atoms with Crippen molar-refractivity contribution in [3.63, 3.8) is 0 Å². The molecule has 0 spiro atoms. The molecule has 1 aromatic rings. The fraction of sp³-hybridized carbons (Fsp3) is 0.545. The molecule has 0 bridgehead atoms. The third kappa shape index (κ3) is 2.96. The van der Waals surface area contributed by atoms with Gasteiger partial charge in [-0.05, 0) is 13.8 Å². The van der Waals surface area contributed by atoms with Crippen molar-refractivity contribution in [1.82, 2.24) is 4.98 Å². The molecule has 0 radical (unpaired) electrons. The van der Waals surface area contributed by atoms with E-state index in [1.54, 1.807) is 13.8 Å². The highest BCUT2D eigenvalue weighted by Crippen LogP contribution is 2.18. The first kappa shape index (κ1) is 12.0. The van der Waals surface area contributed by atoms with E-state index in [9.17, 15) is 9.59 Å². The van der Waals surface area contributed by atoms with Gasteiger partial charge in [-0.1, -0.05) is 13.8 Å². The molecule has 1 aromatic heterocycles. The largest absolute Gasteiger partial charge is 0.299 e. The molecular formula is C11H15NO2S. The van der Waals surface area contributed by atoms with Gasteiger partial charge in [0.1, 0.15) is 11.5 Å². The number of nitrogens with zero attached hydrogens (tertiary/aromatic N) is 1. The number of carbonyl (C=O) groups is 2. The summed E-state index contributed by atoms with van der Waals surface area (Å²) in [5.74, 6) is -0.269. The number of carbonyl (C=O) groups excluding carboxylic acids is 2. The van der Waals surface area contributed by atoms with Crippen LogP contribution in [0.5, 0.6) is 0 Å². The molecule has 0 fully saturated rings. The fourth-order valence-corrected chi connectivity index (χ4v) is 2.07. The first-order chi connectivity index (χ1) is 6.91. The van der Waals surface area contributed by atoms with E-state index in [-0.39, 0.29) is 23.9 Å². The number of aryl methyl sites for hydroxylation is 2. The van der Waals surface area contributed by atoms with E-state index in [4.69, 9.17) is 0 Å². The van der Waals surface area contributed by atoms with Crippen LogP contribution >= 0.6 is 11.3 Å². The van der Waals surface area contributed by atoms with Gasteiger partial charge in [-0.25, -0.2) is 4.98 Å². The van der Waals surface area contributed by atoms with Gasteiger partial charge in [0, 0.05) is 10.8 Å². The summed E-state index contributed by atoms with van der Waals surface area (Å²) in [5.41, 5.74) is 0.464. The molecule has 0 aromatic carbocycles. The van der Waals surface area contributed by atoms with Crippen molar-refractivity contribution in [2.75, 3.05) is 0 Å². The zero-order valence-corrected chi connectivity index (χ0v) is 10.3. The van der Waals surface area contributed by atoms with Crippen molar-refractivity contribution < 1.29 is 9.59 Å². The van der Waals surface area contributed by atoms with Crippen LogP contribution in [0.1, 0.15) is 40.6 Å². The average Bonchev–Trinajstić information content (AvgIpc) is 2.44. The molecule has 3 nitrogen and oxygen atoms in total. The first-order valence-corrected chi connectivity index (χ1v) is 5.73. The van der Waals surface area contributed by atoms with Gasteiger partial charge in [-0.3, -0.25) is 9.59 Å². The Hall–Kier alpha value is -1.03. The minimum absolute atomic E-state index is 0.0231. The Balaban J connectivity index is 2.78. The molecule has 15 heavy (non-hydrogen) atoms. The van der Waals surface area contributed by atoms with Gasteiger partial charge in [0.2, 0.25) is 0 Å². The highest BCUT2D eigenvalue weighted by Gasteiger charge is 2.18. The van der Waals surface area contributed by atoms with Gasteiger partial charge in [0.15, 0.2) is 5.78 Å². The summed E-state index contributed by atoms with van der Waals surface area (Å²) in [6.45, 7) is 7.32. The normalized spacial score (nSPS) is 10.7. The van der Waals surface area contributed by atoms with Crippen molar-refractivity contribution in [1.29, 1.82) is 0 Å². The van der Waals surface area contributed by atoms with E-state index in [0.29, 0.717) is 5.69 Å². The van der Waals surface area contributed by atoms with Gasteiger partial charge in [0.25, 0.3) is 0 Å². The number of hydrogen-bond donors (Lipinski definition) is 0. The van der Waals surface area contributed by atoms with Gasteiger partial charge < -0.3 is 0 Å². The summed E-state index contributed by atoms with van der Waals surface area (Å²) >= 11 is 1.49. The Morgan fingerprint density at radius 3 is 2.33 bits per heavy atom. The van der Waals surface area contributed by atoms with Crippen molar-refractivity contribution in [2.24, 2.45) is 5.92 Å². The molecule has 0 aliphatic rings. The molecule has 4 heteroatoms. The van der Waals surface area contributed by atoms with Gasteiger partial charge >= 0.3 is 0 Å². The molecule has 0 amide bonds. The minimum Gasteiger partial charge on any atom is -0.299 e. The van der Waals surface area contributed by atoms with E-state index < -0.39 is 0 Å². The van der Waals surface area contributed by atoms with Crippen LogP contribution in [0.3, 0.4) is 0 Å². The molecule has 0 aliphatic carbocycles. The molecule has 0 N–H and O–H groups in total. The van der Waals surface area contributed by atoms with Crippen LogP contribution in [0.2, 0.25) is 0 Å². The smallest absolute Gasteiger partial charge is 0.189 e. The number of aromatic nitrogens is 1. The van der Waals surface area contributed by atoms with Crippen LogP contribution < -0.4 is 0 Å². The highest BCUT2D eigenvalue weighted by molar-refractivity contribution is 7.11. The van der Waals surface area contributed by atoms with Gasteiger partial charge in [0.05, 0.1) is 11.4 Å². The number of rotatable bonds is 4. The summed E-state index contributed by atoms with van der Waals surface area (Å²) in [4.78, 5) is 28.2. The standard InChI is InChI=1S/C11H15NO2S/c1-6(2)9(13)5-10(14)11-7(3)15-8(4)12-11/h6H,5H2,1-4H3. The molecule has 0 atom stereocenters. The van der Waals surface area contributed by atoms with E-state index >= 15 is 0 Å². The molecule has 0 unspecified atom stereocenters. The molecule has 0 saturated heterocycles. The Morgan fingerprint density at radius 2 is 1.93 bits per heavy atom. The molecule has 0 aliphatic heterocycles. The van der Waals surface area contributed by atoms with Crippen LogP contribution in [0.15, 0.2) is 0 Å². The molecule has 1 rings (SSSR count). The first-order valence-electron chi connectivity index (χ1n) is 4.91. The third-order valence-corrected chi connectivity index (χ3v) is 3.03. The minimum atomic E-state index is -0.157. The lowest BCUT2D eigenvalue weighted by atomic mass is 10.0. The zero-order chi connectivity index (χ0) is 11.6. The van der Waals surface area contributed by atoms with Crippen LogP contribution in [0.4, 0.5) is 0 Å². The van der Waals surface area contributed by atoms with Crippen molar-refractivity contribution in [2.45, 2.75) is 34.1 Å². The van der Waals surface area contributed by atoms with Gasteiger partial charge in [-0.2, -0.15) is 0 Å². The van der Waals surface area contributed by atoms with Crippen molar-refractivity contribution in [3.8, 4) is 0 Å². The maximum absolute atomic E-state index is 11.7. The fourth-order valence-electron chi connectivity index (χ4n) is 1.23. The highest BCUT2D eigenvalue weighted by atomic mass is 32.1. The SMILES string of the molecule is Cc1nc(C(=O)CC(=O)C(C)C)c(C)s1. The van der Waals surface area contributed by atoms with Crippen LogP contribution in [0, 0.1) is 19.8 Å². The zero-order valence-electron chi connectivity index (χ0n) is 9.46. The quantitative estimate of drug-likeness (QED) is 0.584. The Bertz CT molecular complexity index is 393. The summed E-state index contributed by atoms with van der Waals surface area (Å²) in [7, 11) is 0. The lowest BCUT2D eigenvalue weighted by Crippen LogP contribution is -2.14. The Morgan fingerprint density at radius 1 is 1.33 bits per heavy atom. The monoisotopic (exact) mass is 225 g/mol. The maximum atomic E-state index is 11.7. The van der Waals surface area contributed by atoms with E-state index in [1.165, 1.54) is 11.3 Å². The van der Waals surface area contributed by atoms with Crippen LogP contribution in [-0.4, -0.2) is 16.6 Å². The predicted molar refractivity (Wildman–Crippen MR) is 60.4 cm³/mol. The summed E-state index contributed by atoms with van der Waals surface area (Å²) in [6, 6.07) is 0. The maximum Gasteiger partial charge on any atom is 0.189 e. The number of ketones is 2. The number of hydrogen-bond acceptors (Lipinski definition) is 4. The summed E-state index contributed by atoms with van der Waals surface area (Å²) < 4.78 is 0. The number of thiazole rings is 1. The molecule has 82 valence electrons. The van der Waals surface area contributed by atoms with E-state index in [2.05, 4.69) is 4.98 Å². The lowest BCUT2D eigenvalue weighted by Gasteiger charge is -2.01. The second kappa shape index (κ2) is 4.66. The Labute approximate surface area is 93.5 Å². The van der Waals surface area contributed by atoms with Crippen LogP contribution in [0.25, 0.3) is 0 Å². The van der Waals surface area contributed by atoms with Gasteiger partial charge in [-0.15, -0.1) is 11.3 Å². The Kier molecular flexibility index (Phi) is 3.74. The lowest BCUT2D eigenvalue weighted by molar-refractivity contribution is -0.121. The second-order valence-corrected chi connectivity index (χ2v) is 5.27. The molecule has 1 heterocycles. The van der Waals surface area contributed by atoms with E-state index in [1.807, 2.05) is 13.8 Å². The third-order valence-electron chi connectivity index (χ3n) is 2.15. The van der Waals surface area contributed by atoms with Crippen LogP contribution in [-0.2, 0) is 4.79 Å². The average molecular weight is 225 g/mol.